The molecule has 7 rings (SSSR count). The summed E-state index contributed by atoms with van der Waals surface area (Å²) in [6, 6.07) is 4.42. The van der Waals surface area contributed by atoms with Crippen LogP contribution in [0.4, 0.5) is 0 Å². The van der Waals surface area contributed by atoms with Gasteiger partial charge in [0.25, 0.3) is 0 Å². The molecule has 5 heteroatoms. The van der Waals surface area contributed by atoms with Crippen LogP contribution in [-0.2, 0) is 16.6 Å². The van der Waals surface area contributed by atoms with E-state index < -0.39 is 11.2 Å². The van der Waals surface area contributed by atoms with Gasteiger partial charge < -0.3 is 19.7 Å². The maximum Gasteiger partial charge on any atom is 0.165 e. The van der Waals surface area contributed by atoms with Crippen LogP contribution in [0.25, 0.3) is 0 Å². The highest BCUT2D eigenvalue weighted by atomic mass is 16.6. The van der Waals surface area contributed by atoms with Crippen molar-refractivity contribution in [3.63, 3.8) is 0 Å². The summed E-state index contributed by atoms with van der Waals surface area (Å²) in [4.78, 5) is 2.77. The van der Waals surface area contributed by atoms with Gasteiger partial charge in [0.1, 0.15) is 11.7 Å². The Morgan fingerprint density at radius 3 is 2.62 bits per heavy atom. The largest absolute Gasteiger partial charge is 0.504 e. The smallest absolute Gasteiger partial charge is 0.165 e. The predicted octanol–water partition coefficient (Wildman–Crippen LogP) is 4.80. The van der Waals surface area contributed by atoms with Gasteiger partial charge in [0, 0.05) is 35.5 Å². The van der Waals surface area contributed by atoms with E-state index in [0.717, 1.165) is 45.2 Å². The quantitative estimate of drug-likeness (QED) is 0.648. The molecule has 34 heavy (non-hydrogen) atoms. The second-order valence-electron chi connectivity index (χ2n) is 13.2. The molecule has 2 aliphatic heterocycles. The van der Waals surface area contributed by atoms with Crippen molar-refractivity contribution in [3.8, 4) is 11.5 Å². The molecule has 0 radical (unpaired) electrons. The highest BCUT2D eigenvalue weighted by Crippen LogP contribution is 2.77. The first-order valence-corrected chi connectivity index (χ1v) is 13.5. The van der Waals surface area contributed by atoms with E-state index in [0.29, 0.717) is 11.8 Å². The summed E-state index contributed by atoms with van der Waals surface area (Å²) < 4.78 is 13.4. The first-order chi connectivity index (χ1) is 16.0. The molecule has 6 aliphatic rings. The fourth-order valence-corrected chi connectivity index (χ4v) is 9.36. The van der Waals surface area contributed by atoms with E-state index in [1.807, 2.05) is 20.1 Å². The summed E-state index contributed by atoms with van der Waals surface area (Å²) in [5, 5.41) is 23.1. The number of aliphatic hydroxyl groups is 1. The Morgan fingerprint density at radius 1 is 1.18 bits per heavy atom. The Bertz CT molecular complexity index is 1010. The van der Waals surface area contributed by atoms with Crippen molar-refractivity contribution in [3.05, 3.63) is 23.3 Å². The third-order valence-corrected chi connectivity index (χ3v) is 11.5. The average Bonchev–Trinajstić information content (AvgIpc) is 3.16. The first kappa shape index (κ1) is 23.1. The Morgan fingerprint density at radius 2 is 1.94 bits per heavy atom. The molecule has 2 heterocycles. The van der Waals surface area contributed by atoms with E-state index in [-0.39, 0.29) is 34.0 Å². The lowest BCUT2D eigenvalue weighted by Crippen LogP contribution is -2.83. The molecule has 1 aromatic rings. The fraction of sp³-hybridized carbons (Fsp3) is 0.793. The summed E-state index contributed by atoms with van der Waals surface area (Å²) in [6.07, 6.45) is 7.24. The van der Waals surface area contributed by atoms with Gasteiger partial charge >= 0.3 is 0 Å². The van der Waals surface area contributed by atoms with E-state index >= 15 is 0 Å². The first-order valence-electron chi connectivity index (χ1n) is 13.5. The predicted molar refractivity (Wildman–Crippen MR) is 132 cm³/mol. The number of ether oxygens (including phenoxy) is 2. The highest BCUT2D eigenvalue weighted by Gasteiger charge is 2.82. The van der Waals surface area contributed by atoms with Gasteiger partial charge in [-0.15, -0.1) is 0 Å². The normalized spacial score (nSPS) is 41.7. The van der Waals surface area contributed by atoms with Crippen LogP contribution in [0.3, 0.4) is 0 Å². The molecule has 4 aliphatic carbocycles. The highest BCUT2D eigenvalue weighted by molar-refractivity contribution is 5.63. The molecule has 2 N–H and O–H groups in total. The van der Waals surface area contributed by atoms with Gasteiger partial charge in [-0.25, -0.2) is 0 Å². The molecule has 3 saturated carbocycles. The average molecular weight is 470 g/mol. The van der Waals surface area contributed by atoms with Gasteiger partial charge in [-0.05, 0) is 75.6 Å². The number of hydrogen-bond donors (Lipinski definition) is 2. The molecule has 0 aromatic heterocycles. The molecular weight excluding hydrogens is 426 g/mol. The van der Waals surface area contributed by atoms with E-state index in [1.165, 1.54) is 24.0 Å². The van der Waals surface area contributed by atoms with Crippen molar-refractivity contribution in [2.75, 3.05) is 20.2 Å². The second-order valence-corrected chi connectivity index (χ2v) is 13.2. The molecule has 4 bridgehead atoms. The van der Waals surface area contributed by atoms with Crippen LogP contribution in [0.5, 0.6) is 11.5 Å². The lowest BCUT2D eigenvalue weighted by molar-refractivity contribution is -0.312. The van der Waals surface area contributed by atoms with Crippen molar-refractivity contribution in [1.29, 1.82) is 0 Å². The minimum atomic E-state index is -0.916. The number of phenolic OH excluding ortho intramolecular Hbond substituents is 1. The van der Waals surface area contributed by atoms with E-state index in [9.17, 15) is 10.2 Å². The molecule has 4 fully saturated rings. The fourth-order valence-electron chi connectivity index (χ4n) is 9.36. The molecule has 2 spiro atoms. The summed E-state index contributed by atoms with van der Waals surface area (Å²) in [7, 11) is 1.82. The van der Waals surface area contributed by atoms with E-state index in [4.69, 9.17) is 9.47 Å². The number of likely N-dealkylation sites (tertiary alicyclic amines) is 1. The maximum absolute atomic E-state index is 12.2. The zero-order chi connectivity index (χ0) is 24.3. The van der Waals surface area contributed by atoms with Crippen LogP contribution in [0, 0.1) is 16.7 Å². The van der Waals surface area contributed by atoms with Crippen molar-refractivity contribution < 1.29 is 19.7 Å². The SMILES string of the molecule is CCCCN1CC[C@]23c4c5ccc(O)c4O[C@H]2[C@@]2(OC)CC[C@@]3(C[C@@H]2C(C)(O)C(C)(C)C)[C@H]1C5. The monoisotopic (exact) mass is 469 g/mol. The molecule has 7 atom stereocenters. The van der Waals surface area contributed by atoms with Crippen LogP contribution in [0.1, 0.15) is 84.3 Å². The minimum absolute atomic E-state index is 0.0237. The summed E-state index contributed by atoms with van der Waals surface area (Å²) in [5.41, 5.74) is 0.713. The van der Waals surface area contributed by atoms with Gasteiger partial charge in [0.05, 0.1) is 5.60 Å². The van der Waals surface area contributed by atoms with Crippen molar-refractivity contribution >= 4 is 0 Å². The van der Waals surface area contributed by atoms with Gasteiger partial charge in [0.2, 0.25) is 0 Å². The number of piperidine rings is 1. The number of phenols is 1. The van der Waals surface area contributed by atoms with Crippen LogP contribution >= 0.6 is 0 Å². The van der Waals surface area contributed by atoms with Crippen molar-refractivity contribution in [1.82, 2.24) is 4.90 Å². The van der Waals surface area contributed by atoms with E-state index in [2.05, 4.69) is 38.7 Å². The topological polar surface area (TPSA) is 62.2 Å². The van der Waals surface area contributed by atoms with Crippen LogP contribution in [-0.4, -0.2) is 58.7 Å². The minimum Gasteiger partial charge on any atom is -0.504 e. The molecule has 1 unspecified atom stereocenters. The molecule has 188 valence electrons. The molecule has 1 aromatic carbocycles. The summed E-state index contributed by atoms with van der Waals surface area (Å²) in [5.74, 6) is 0.921. The Labute approximate surface area is 204 Å². The van der Waals surface area contributed by atoms with Crippen molar-refractivity contribution in [2.45, 2.75) is 108 Å². The van der Waals surface area contributed by atoms with Crippen LogP contribution < -0.4 is 4.74 Å². The molecule has 0 amide bonds. The van der Waals surface area contributed by atoms with Gasteiger partial charge in [-0.3, -0.25) is 4.90 Å². The number of benzene rings is 1. The van der Waals surface area contributed by atoms with Crippen LogP contribution in [0.15, 0.2) is 12.1 Å². The number of rotatable bonds is 5. The lowest BCUT2D eigenvalue weighted by Gasteiger charge is -2.75. The van der Waals surface area contributed by atoms with Gasteiger partial charge in [-0.2, -0.15) is 0 Å². The van der Waals surface area contributed by atoms with Crippen LogP contribution in [0.2, 0.25) is 0 Å². The van der Waals surface area contributed by atoms with Gasteiger partial charge in [0.15, 0.2) is 11.5 Å². The zero-order valence-electron chi connectivity index (χ0n) is 21.9. The molecule has 1 saturated heterocycles. The Hall–Kier alpha value is -1.30. The molecule has 5 nitrogen and oxygen atoms in total. The number of unbranched alkanes of at least 4 members (excludes halogenated alkanes) is 1. The summed E-state index contributed by atoms with van der Waals surface area (Å²) >= 11 is 0. The number of nitrogens with zero attached hydrogens (tertiary/aromatic N) is 1. The number of fused-ring (bicyclic) bond motifs is 2. The second kappa shape index (κ2) is 6.92. The standard InChI is InChI=1S/C29H43NO4/c1-7-8-14-30-15-13-28-22-18-9-10-19(31)23(22)34-24(28)29(33-6)12-11-27(28,21(30)16-18)17-20(29)26(5,32)25(2,3)4/h9-10,20-21,24,31-32H,7-8,11-17H2,1-6H3/t20-,21-,24-,26?,27-,28+,29-/m1/s1. The van der Waals surface area contributed by atoms with Gasteiger partial charge in [-0.1, -0.05) is 40.2 Å². The Kier molecular flexibility index (Phi) is 4.71. The lowest BCUT2D eigenvalue weighted by atomic mass is 9.33. The summed E-state index contributed by atoms with van der Waals surface area (Å²) in [6.45, 7) is 13.0. The number of hydrogen-bond acceptors (Lipinski definition) is 5. The van der Waals surface area contributed by atoms with E-state index in [1.54, 1.807) is 0 Å². The zero-order valence-corrected chi connectivity index (χ0v) is 21.9. The number of aromatic hydroxyl groups is 1. The third-order valence-electron chi connectivity index (χ3n) is 11.5. The maximum atomic E-state index is 12.2. The third kappa shape index (κ3) is 2.38. The number of methoxy groups -OCH3 is 1. The Balaban J connectivity index is 1.60. The molecular formula is C29H43NO4. The van der Waals surface area contributed by atoms with Crippen molar-refractivity contribution in [2.24, 2.45) is 16.7 Å².